The van der Waals surface area contributed by atoms with Crippen LogP contribution in [0.25, 0.3) is 15.8 Å². The smallest absolute Gasteiger partial charge is 0.254 e. The Morgan fingerprint density at radius 1 is 1.10 bits per heavy atom. The van der Waals surface area contributed by atoms with Crippen LogP contribution in [0.5, 0.6) is 0 Å². The zero-order chi connectivity index (χ0) is 21.5. The zero-order valence-corrected chi connectivity index (χ0v) is 18.0. The summed E-state index contributed by atoms with van der Waals surface area (Å²) in [6.07, 6.45) is 0. The number of aliphatic hydroxyl groups is 1. The highest BCUT2D eigenvalue weighted by atomic mass is 32.1. The van der Waals surface area contributed by atoms with Gasteiger partial charge < -0.3 is 19.8 Å². The molecule has 1 aromatic heterocycles. The van der Waals surface area contributed by atoms with Crippen molar-refractivity contribution in [2.24, 2.45) is 0 Å². The molecule has 1 amide bonds. The van der Waals surface area contributed by atoms with E-state index in [2.05, 4.69) is 16.9 Å². The maximum Gasteiger partial charge on any atom is 0.254 e. The van der Waals surface area contributed by atoms with Gasteiger partial charge in [-0.15, -0.1) is 11.3 Å². The monoisotopic (exact) mass is 433 g/mol. The lowest BCUT2D eigenvalue weighted by Crippen LogP contribution is -2.47. The van der Waals surface area contributed by atoms with Gasteiger partial charge >= 0.3 is 0 Å². The number of aliphatic hydroxyl groups excluding tert-OH is 1. The molecule has 0 atom stereocenters. The molecule has 1 fully saturated rings. The molecule has 31 heavy (non-hydrogen) atoms. The summed E-state index contributed by atoms with van der Waals surface area (Å²) in [5.41, 5.74) is 2.63. The molecule has 2 aliphatic heterocycles. The molecule has 7 nitrogen and oxygen atoms in total. The second-order valence-electron chi connectivity index (χ2n) is 7.89. The number of hydrogen-bond acceptors (Lipinski definition) is 6. The van der Waals surface area contributed by atoms with Crippen LogP contribution in [0.2, 0.25) is 0 Å². The van der Waals surface area contributed by atoms with E-state index in [-0.39, 0.29) is 24.0 Å². The molecule has 0 unspecified atom stereocenters. The van der Waals surface area contributed by atoms with E-state index in [1.54, 1.807) is 4.90 Å². The first-order chi connectivity index (χ1) is 15.0. The molecule has 1 saturated heterocycles. The van der Waals surface area contributed by atoms with Gasteiger partial charge in [-0.1, -0.05) is 18.2 Å². The number of carbonyl (C=O) groups is 1. The number of benzene rings is 2. The Balaban J connectivity index is 1.40. The normalized spacial score (nSPS) is 17.8. The number of carbonyl (C=O) groups excluding carboxylic acids is 1. The quantitative estimate of drug-likeness (QED) is 0.661. The van der Waals surface area contributed by atoms with Crippen LogP contribution in [0.1, 0.15) is 15.4 Å². The van der Waals surface area contributed by atoms with Crippen LogP contribution in [-0.4, -0.2) is 71.4 Å². The van der Waals surface area contributed by atoms with Gasteiger partial charge in [-0.05, 0) is 37.4 Å². The standard InChI is InChI=1S/C23H23N5O2S/c1-26-9-11-27(12-10-26)23(30)15-5-4-6-16(13-15)28-14-18(29)20(21(28)24)22-25-17-7-2-3-8-19(17)31-22/h2-8,13,24,29H,9-12,14H2,1H3. The molecule has 158 valence electrons. The number of amides is 1. The molecule has 0 saturated carbocycles. The topological polar surface area (TPSA) is 83.8 Å². The van der Waals surface area contributed by atoms with Crippen molar-refractivity contribution in [3.8, 4) is 0 Å². The largest absolute Gasteiger partial charge is 0.510 e. The van der Waals surface area contributed by atoms with E-state index >= 15 is 0 Å². The van der Waals surface area contributed by atoms with Crippen molar-refractivity contribution in [2.75, 3.05) is 44.7 Å². The minimum atomic E-state index is 0.00394. The van der Waals surface area contributed by atoms with Crippen molar-refractivity contribution >= 4 is 44.6 Å². The second-order valence-corrected chi connectivity index (χ2v) is 8.92. The van der Waals surface area contributed by atoms with Crippen LogP contribution in [-0.2, 0) is 0 Å². The zero-order valence-electron chi connectivity index (χ0n) is 17.2. The number of fused-ring (bicyclic) bond motifs is 1. The maximum atomic E-state index is 13.0. The average Bonchev–Trinajstić information content (AvgIpc) is 3.33. The van der Waals surface area contributed by atoms with E-state index in [1.807, 2.05) is 53.4 Å². The summed E-state index contributed by atoms with van der Waals surface area (Å²) < 4.78 is 1.02. The van der Waals surface area contributed by atoms with Gasteiger partial charge in [0.1, 0.15) is 16.6 Å². The number of para-hydroxylation sites is 1. The number of nitrogens with zero attached hydrogens (tertiary/aromatic N) is 4. The minimum Gasteiger partial charge on any atom is -0.510 e. The van der Waals surface area contributed by atoms with E-state index in [0.717, 1.165) is 23.3 Å². The molecular weight excluding hydrogens is 410 g/mol. The van der Waals surface area contributed by atoms with Crippen LogP contribution in [0.15, 0.2) is 54.3 Å². The molecule has 0 bridgehead atoms. The lowest BCUT2D eigenvalue weighted by Gasteiger charge is -2.32. The van der Waals surface area contributed by atoms with E-state index in [0.29, 0.717) is 34.9 Å². The predicted octanol–water partition coefficient (Wildman–Crippen LogP) is 3.45. The summed E-state index contributed by atoms with van der Waals surface area (Å²) in [7, 11) is 2.06. The third-order valence-corrected chi connectivity index (χ3v) is 6.86. The fourth-order valence-electron chi connectivity index (χ4n) is 4.00. The molecule has 5 rings (SSSR count). The van der Waals surface area contributed by atoms with Gasteiger partial charge in [-0.2, -0.15) is 0 Å². The predicted molar refractivity (Wildman–Crippen MR) is 124 cm³/mol. The molecule has 0 aliphatic carbocycles. The summed E-state index contributed by atoms with van der Waals surface area (Å²) in [5.74, 6) is 0.324. The van der Waals surface area contributed by atoms with Crippen molar-refractivity contribution in [3.63, 3.8) is 0 Å². The lowest BCUT2D eigenvalue weighted by atomic mass is 10.1. The highest BCUT2D eigenvalue weighted by Crippen LogP contribution is 2.35. The van der Waals surface area contributed by atoms with Gasteiger partial charge in [0.15, 0.2) is 0 Å². The Hall–Kier alpha value is -3.23. The van der Waals surface area contributed by atoms with Crippen LogP contribution < -0.4 is 4.90 Å². The van der Waals surface area contributed by atoms with Crippen molar-refractivity contribution < 1.29 is 9.90 Å². The van der Waals surface area contributed by atoms with Crippen molar-refractivity contribution in [1.29, 1.82) is 5.41 Å². The maximum absolute atomic E-state index is 13.0. The number of nitrogens with one attached hydrogen (secondary N) is 1. The van der Waals surface area contributed by atoms with Crippen LogP contribution in [0.3, 0.4) is 0 Å². The van der Waals surface area contributed by atoms with Gasteiger partial charge in [0.25, 0.3) is 5.91 Å². The van der Waals surface area contributed by atoms with Gasteiger partial charge in [-0.3, -0.25) is 10.2 Å². The Bertz CT molecular complexity index is 1180. The Morgan fingerprint density at radius 2 is 1.87 bits per heavy atom. The van der Waals surface area contributed by atoms with Crippen LogP contribution in [0, 0.1) is 5.41 Å². The Kier molecular flexibility index (Phi) is 4.95. The molecule has 0 radical (unpaired) electrons. The van der Waals surface area contributed by atoms with Crippen molar-refractivity contribution in [2.45, 2.75) is 0 Å². The number of thiazole rings is 1. The molecule has 3 aromatic rings. The summed E-state index contributed by atoms with van der Waals surface area (Å²) in [6.45, 7) is 3.35. The number of piperazine rings is 1. The van der Waals surface area contributed by atoms with Gasteiger partial charge in [0, 0.05) is 37.4 Å². The van der Waals surface area contributed by atoms with E-state index in [9.17, 15) is 9.90 Å². The van der Waals surface area contributed by atoms with Crippen LogP contribution in [0.4, 0.5) is 5.69 Å². The third-order valence-electron chi connectivity index (χ3n) is 5.81. The average molecular weight is 434 g/mol. The number of amidine groups is 1. The van der Waals surface area contributed by atoms with E-state index in [1.165, 1.54) is 11.3 Å². The Morgan fingerprint density at radius 3 is 2.65 bits per heavy atom. The molecular formula is C23H23N5O2S. The fourth-order valence-corrected chi connectivity index (χ4v) is 5.04. The van der Waals surface area contributed by atoms with E-state index in [4.69, 9.17) is 5.41 Å². The lowest BCUT2D eigenvalue weighted by molar-refractivity contribution is 0.0664. The molecule has 3 heterocycles. The Labute approximate surface area is 184 Å². The SMILES string of the molecule is CN1CCN(C(=O)c2cccc(N3CC(O)=C(c4nc5ccccc5s4)C3=N)c2)CC1. The highest BCUT2D eigenvalue weighted by Gasteiger charge is 2.32. The van der Waals surface area contributed by atoms with Crippen molar-refractivity contribution in [3.05, 3.63) is 64.9 Å². The van der Waals surface area contributed by atoms with Gasteiger partial charge in [0.2, 0.25) is 0 Å². The summed E-state index contributed by atoms with van der Waals surface area (Å²) in [4.78, 5) is 23.4. The third kappa shape index (κ3) is 3.58. The fraction of sp³-hybridized carbons (Fsp3) is 0.261. The second kappa shape index (κ2) is 7.79. The number of likely N-dealkylation sites (N-methyl/N-ethyl adjacent to an activating group) is 1. The first-order valence-electron chi connectivity index (χ1n) is 10.2. The molecule has 8 heteroatoms. The number of aromatic nitrogens is 1. The molecule has 2 N–H and O–H groups in total. The van der Waals surface area contributed by atoms with Gasteiger partial charge in [0.05, 0.1) is 22.3 Å². The molecule has 2 aliphatic rings. The first kappa shape index (κ1) is 19.7. The molecule has 2 aromatic carbocycles. The minimum absolute atomic E-state index is 0.00394. The van der Waals surface area contributed by atoms with Crippen molar-refractivity contribution in [1.82, 2.24) is 14.8 Å². The summed E-state index contributed by atoms with van der Waals surface area (Å²) >= 11 is 1.47. The first-order valence-corrected chi connectivity index (χ1v) is 11.1. The van der Waals surface area contributed by atoms with Crippen LogP contribution >= 0.6 is 11.3 Å². The number of hydrogen-bond donors (Lipinski definition) is 2. The number of anilines is 1. The van der Waals surface area contributed by atoms with E-state index < -0.39 is 0 Å². The number of rotatable bonds is 3. The molecule has 0 spiro atoms. The summed E-state index contributed by atoms with van der Waals surface area (Å²) in [5, 5.41) is 20.0. The summed E-state index contributed by atoms with van der Waals surface area (Å²) in [6, 6.07) is 15.1. The van der Waals surface area contributed by atoms with Gasteiger partial charge in [-0.25, -0.2) is 4.98 Å². The highest BCUT2D eigenvalue weighted by molar-refractivity contribution is 7.19.